The van der Waals surface area contributed by atoms with Crippen molar-refractivity contribution in [2.24, 2.45) is 0 Å². The standard InChI is InChI=1S/C20H23FN6/c1-26(16-5-9-22-10-6-16)19-7-11-23-20(25-19)17-13-15(3-4-18(17)21)14-27-12-2-8-24-27/h2-4,7-8,11-13,16,22H,5-6,9-10,14H2,1H3. The smallest absolute Gasteiger partial charge is 0.164 e. The van der Waals surface area contributed by atoms with E-state index in [2.05, 4.69) is 25.3 Å². The predicted octanol–water partition coefficient (Wildman–Crippen LogP) is 2.72. The lowest BCUT2D eigenvalue weighted by Gasteiger charge is -2.32. The lowest BCUT2D eigenvalue weighted by molar-refractivity contribution is 0.441. The number of rotatable bonds is 5. The maximum atomic E-state index is 14.5. The number of hydrogen-bond acceptors (Lipinski definition) is 5. The Labute approximate surface area is 158 Å². The van der Waals surface area contributed by atoms with Gasteiger partial charge >= 0.3 is 0 Å². The SMILES string of the molecule is CN(c1ccnc(-c2cc(Cn3cccn3)ccc2F)n1)C1CCNCC1. The van der Waals surface area contributed by atoms with Gasteiger partial charge < -0.3 is 10.2 Å². The zero-order valence-electron chi connectivity index (χ0n) is 15.3. The molecule has 4 rings (SSSR count). The summed E-state index contributed by atoms with van der Waals surface area (Å²) >= 11 is 0. The van der Waals surface area contributed by atoms with E-state index in [0.717, 1.165) is 37.3 Å². The van der Waals surface area contributed by atoms with Crippen molar-refractivity contribution >= 4 is 5.82 Å². The van der Waals surface area contributed by atoms with E-state index in [9.17, 15) is 4.39 Å². The van der Waals surface area contributed by atoms with Crippen molar-refractivity contribution in [1.29, 1.82) is 0 Å². The van der Waals surface area contributed by atoms with Crippen LogP contribution >= 0.6 is 0 Å². The normalized spacial score (nSPS) is 15.0. The monoisotopic (exact) mass is 366 g/mol. The third-order valence-electron chi connectivity index (χ3n) is 5.03. The first-order valence-corrected chi connectivity index (χ1v) is 9.23. The van der Waals surface area contributed by atoms with Crippen molar-refractivity contribution in [2.75, 3.05) is 25.0 Å². The Kier molecular flexibility index (Phi) is 5.11. The fourth-order valence-corrected chi connectivity index (χ4v) is 3.48. The van der Waals surface area contributed by atoms with Crippen LogP contribution in [0.25, 0.3) is 11.4 Å². The first-order chi connectivity index (χ1) is 13.2. The molecule has 6 nitrogen and oxygen atoms in total. The Bertz CT molecular complexity index is 889. The van der Waals surface area contributed by atoms with E-state index in [0.29, 0.717) is 24.0 Å². The Morgan fingerprint density at radius 1 is 1.22 bits per heavy atom. The molecule has 1 aromatic carbocycles. The van der Waals surface area contributed by atoms with Gasteiger partial charge in [0.2, 0.25) is 0 Å². The molecule has 0 aliphatic carbocycles. The van der Waals surface area contributed by atoms with Gasteiger partial charge in [-0.15, -0.1) is 0 Å². The summed E-state index contributed by atoms with van der Waals surface area (Å²) in [4.78, 5) is 11.2. The lowest BCUT2D eigenvalue weighted by Crippen LogP contribution is -2.41. The van der Waals surface area contributed by atoms with Gasteiger partial charge in [-0.25, -0.2) is 14.4 Å². The van der Waals surface area contributed by atoms with Gasteiger partial charge in [0.15, 0.2) is 5.82 Å². The van der Waals surface area contributed by atoms with Crippen molar-refractivity contribution in [3.63, 3.8) is 0 Å². The Balaban J connectivity index is 1.61. The molecule has 1 fully saturated rings. The minimum atomic E-state index is -0.319. The van der Waals surface area contributed by atoms with Gasteiger partial charge in [-0.3, -0.25) is 4.68 Å². The minimum absolute atomic E-state index is 0.319. The second kappa shape index (κ2) is 7.84. The number of benzene rings is 1. The highest BCUT2D eigenvalue weighted by molar-refractivity contribution is 5.59. The van der Waals surface area contributed by atoms with Crippen molar-refractivity contribution in [3.05, 3.63) is 60.3 Å². The molecule has 27 heavy (non-hydrogen) atoms. The summed E-state index contributed by atoms with van der Waals surface area (Å²) in [6, 6.07) is 9.24. The van der Waals surface area contributed by atoms with Crippen LogP contribution in [0, 0.1) is 5.82 Å². The van der Waals surface area contributed by atoms with Crippen LogP contribution < -0.4 is 10.2 Å². The van der Waals surface area contributed by atoms with Crippen molar-refractivity contribution < 1.29 is 4.39 Å². The largest absolute Gasteiger partial charge is 0.356 e. The molecule has 3 heterocycles. The number of halogens is 1. The zero-order valence-corrected chi connectivity index (χ0v) is 15.3. The van der Waals surface area contributed by atoms with Gasteiger partial charge in [0.05, 0.1) is 12.1 Å². The molecule has 0 radical (unpaired) electrons. The minimum Gasteiger partial charge on any atom is -0.356 e. The topological polar surface area (TPSA) is 58.9 Å². The van der Waals surface area contributed by atoms with Crippen LogP contribution in [0.15, 0.2) is 48.9 Å². The number of piperidine rings is 1. The Hall–Kier alpha value is -2.80. The average molecular weight is 366 g/mol. The van der Waals surface area contributed by atoms with Gasteiger partial charge in [-0.05, 0) is 55.8 Å². The number of hydrogen-bond donors (Lipinski definition) is 1. The molecular weight excluding hydrogens is 343 g/mol. The number of anilines is 1. The van der Waals surface area contributed by atoms with Crippen LogP contribution in [-0.4, -0.2) is 45.9 Å². The maximum absolute atomic E-state index is 14.5. The van der Waals surface area contributed by atoms with E-state index in [-0.39, 0.29) is 5.82 Å². The summed E-state index contributed by atoms with van der Waals surface area (Å²) in [5.74, 6) is 0.915. The van der Waals surface area contributed by atoms with Gasteiger partial charge in [-0.1, -0.05) is 6.07 Å². The van der Waals surface area contributed by atoms with Gasteiger partial charge in [0.25, 0.3) is 0 Å². The van der Waals surface area contributed by atoms with E-state index >= 15 is 0 Å². The third kappa shape index (κ3) is 3.98. The van der Waals surface area contributed by atoms with E-state index in [1.54, 1.807) is 29.2 Å². The third-order valence-corrected chi connectivity index (χ3v) is 5.03. The molecule has 0 amide bonds. The quantitative estimate of drug-likeness (QED) is 0.752. The molecule has 0 saturated carbocycles. The van der Waals surface area contributed by atoms with Gasteiger partial charge in [-0.2, -0.15) is 5.10 Å². The molecule has 0 bridgehead atoms. The van der Waals surface area contributed by atoms with E-state index in [1.807, 2.05) is 25.4 Å². The molecule has 0 spiro atoms. The van der Waals surface area contributed by atoms with Crippen LogP contribution in [0.5, 0.6) is 0 Å². The summed E-state index contributed by atoms with van der Waals surface area (Å²) in [7, 11) is 2.05. The first-order valence-electron chi connectivity index (χ1n) is 9.23. The molecule has 1 aliphatic rings. The van der Waals surface area contributed by atoms with Crippen LogP contribution in [0.4, 0.5) is 10.2 Å². The molecular formula is C20H23FN6. The molecule has 7 heteroatoms. The highest BCUT2D eigenvalue weighted by Crippen LogP contribution is 2.24. The summed E-state index contributed by atoms with van der Waals surface area (Å²) in [5.41, 5.74) is 1.37. The van der Waals surface area contributed by atoms with E-state index in [1.165, 1.54) is 6.07 Å². The fraction of sp³-hybridized carbons (Fsp3) is 0.350. The number of nitrogens with zero attached hydrogens (tertiary/aromatic N) is 5. The first kappa shape index (κ1) is 17.6. The molecule has 1 N–H and O–H groups in total. The van der Waals surface area contributed by atoms with Crippen LogP contribution in [0.1, 0.15) is 18.4 Å². The van der Waals surface area contributed by atoms with Crippen molar-refractivity contribution in [1.82, 2.24) is 25.1 Å². The second-order valence-corrected chi connectivity index (χ2v) is 6.85. The Morgan fingerprint density at radius 2 is 2.07 bits per heavy atom. The molecule has 1 saturated heterocycles. The van der Waals surface area contributed by atoms with Crippen molar-refractivity contribution in [3.8, 4) is 11.4 Å². The lowest BCUT2D eigenvalue weighted by atomic mass is 10.1. The summed E-state index contributed by atoms with van der Waals surface area (Å²) in [6.45, 7) is 2.60. The molecule has 140 valence electrons. The molecule has 2 aromatic heterocycles. The number of aromatic nitrogens is 4. The molecule has 1 aliphatic heterocycles. The summed E-state index contributed by atoms with van der Waals surface area (Å²) in [5, 5.41) is 7.58. The van der Waals surface area contributed by atoms with E-state index < -0.39 is 0 Å². The van der Waals surface area contributed by atoms with Crippen LogP contribution in [-0.2, 0) is 6.54 Å². The van der Waals surface area contributed by atoms with Crippen LogP contribution in [0.2, 0.25) is 0 Å². The van der Waals surface area contributed by atoms with Crippen molar-refractivity contribution in [2.45, 2.75) is 25.4 Å². The maximum Gasteiger partial charge on any atom is 0.164 e. The summed E-state index contributed by atoms with van der Waals surface area (Å²) in [6.07, 6.45) is 7.46. The fourth-order valence-electron chi connectivity index (χ4n) is 3.48. The Morgan fingerprint density at radius 3 is 2.85 bits per heavy atom. The molecule has 0 unspecified atom stereocenters. The van der Waals surface area contributed by atoms with E-state index in [4.69, 9.17) is 0 Å². The highest BCUT2D eigenvalue weighted by Gasteiger charge is 2.20. The highest BCUT2D eigenvalue weighted by atomic mass is 19.1. The second-order valence-electron chi connectivity index (χ2n) is 6.85. The van der Waals surface area contributed by atoms with Crippen LogP contribution in [0.3, 0.4) is 0 Å². The predicted molar refractivity (Wildman–Crippen MR) is 103 cm³/mol. The molecule has 3 aromatic rings. The summed E-state index contributed by atoms with van der Waals surface area (Å²) < 4.78 is 16.3. The average Bonchev–Trinajstić information content (AvgIpc) is 3.23. The zero-order chi connectivity index (χ0) is 18.6. The number of nitrogens with one attached hydrogen (secondary N) is 1. The van der Waals surface area contributed by atoms with Gasteiger partial charge in [0, 0.05) is 31.7 Å². The van der Waals surface area contributed by atoms with Gasteiger partial charge in [0.1, 0.15) is 11.6 Å². The molecule has 0 atom stereocenters.